The van der Waals surface area contributed by atoms with E-state index in [9.17, 15) is 10.1 Å². The molecule has 0 amide bonds. The molecule has 2 aromatic carbocycles. The van der Waals surface area contributed by atoms with Gasteiger partial charge in [-0.15, -0.1) is 22.0 Å². The molecule has 0 spiro atoms. The van der Waals surface area contributed by atoms with Crippen molar-refractivity contribution in [2.24, 2.45) is 0 Å². The number of thioether (sulfide) groups is 1. The van der Waals surface area contributed by atoms with Gasteiger partial charge in [-0.25, -0.2) is 0 Å². The summed E-state index contributed by atoms with van der Waals surface area (Å²) >= 11 is 3.02. The van der Waals surface area contributed by atoms with E-state index in [1.807, 2.05) is 36.4 Å². The van der Waals surface area contributed by atoms with Crippen molar-refractivity contribution in [2.75, 3.05) is 0 Å². The van der Waals surface area contributed by atoms with Crippen molar-refractivity contribution in [1.29, 1.82) is 0 Å². The number of nitrogens with zero attached hydrogens (tertiary/aromatic N) is 5. The van der Waals surface area contributed by atoms with Crippen molar-refractivity contribution in [1.82, 2.24) is 19.8 Å². The number of aromatic nitrogens is 4. The molecule has 0 aliphatic carbocycles. The van der Waals surface area contributed by atoms with Gasteiger partial charge in [0.1, 0.15) is 5.01 Å². The highest BCUT2D eigenvalue weighted by Gasteiger charge is 2.17. The summed E-state index contributed by atoms with van der Waals surface area (Å²) in [6.45, 7) is 1.72. The first-order valence-corrected chi connectivity index (χ1v) is 9.56. The minimum atomic E-state index is -0.374. The maximum Gasteiger partial charge on any atom is 0.273 e. The van der Waals surface area contributed by atoms with Crippen LogP contribution in [0, 0.1) is 17.0 Å². The summed E-state index contributed by atoms with van der Waals surface area (Å²) in [7, 11) is 0. The Bertz CT molecular complexity index is 1090. The van der Waals surface area contributed by atoms with E-state index in [2.05, 4.69) is 15.3 Å². The van der Waals surface area contributed by atoms with Crippen LogP contribution in [0.5, 0.6) is 0 Å². The van der Waals surface area contributed by atoms with Gasteiger partial charge < -0.3 is 0 Å². The van der Waals surface area contributed by atoms with Crippen LogP contribution in [0.4, 0.5) is 5.69 Å². The molecule has 0 aliphatic rings. The molecule has 0 N–H and O–H groups in total. The molecule has 0 unspecified atom stereocenters. The molecular formula is C17H13N5O2S2. The summed E-state index contributed by atoms with van der Waals surface area (Å²) in [4.78, 5) is 12.6. The van der Waals surface area contributed by atoms with Crippen LogP contribution in [0.15, 0.2) is 53.4 Å². The van der Waals surface area contributed by atoms with E-state index >= 15 is 0 Å². The number of hydrogen-bond donors (Lipinski definition) is 0. The van der Waals surface area contributed by atoms with Gasteiger partial charge in [-0.1, -0.05) is 41.7 Å². The van der Waals surface area contributed by atoms with Crippen molar-refractivity contribution >= 4 is 33.7 Å². The van der Waals surface area contributed by atoms with Crippen molar-refractivity contribution < 1.29 is 4.92 Å². The second-order valence-electron chi connectivity index (χ2n) is 5.58. The predicted molar refractivity (Wildman–Crippen MR) is 101 cm³/mol. The number of benzene rings is 2. The van der Waals surface area contributed by atoms with Crippen LogP contribution in [0.25, 0.3) is 15.5 Å². The topological polar surface area (TPSA) is 86.2 Å². The normalized spacial score (nSPS) is 11.1. The van der Waals surface area contributed by atoms with Crippen molar-refractivity contribution in [2.45, 2.75) is 17.6 Å². The molecular weight excluding hydrogens is 370 g/mol. The van der Waals surface area contributed by atoms with E-state index in [0.29, 0.717) is 26.8 Å². The Kier molecular flexibility index (Phi) is 4.39. The Balaban J connectivity index is 1.64. The summed E-state index contributed by atoms with van der Waals surface area (Å²) in [5.74, 6) is 1.39. The fourth-order valence-corrected chi connectivity index (χ4v) is 4.15. The molecule has 0 saturated heterocycles. The highest BCUT2D eigenvalue weighted by Crippen LogP contribution is 2.30. The third-order valence-corrected chi connectivity index (χ3v) is 5.78. The summed E-state index contributed by atoms with van der Waals surface area (Å²) in [5, 5.41) is 24.8. The third kappa shape index (κ3) is 3.18. The number of rotatable bonds is 5. The van der Waals surface area contributed by atoms with Gasteiger partial charge in [-0.05, 0) is 19.1 Å². The van der Waals surface area contributed by atoms with Gasteiger partial charge in [-0.3, -0.25) is 10.1 Å². The largest absolute Gasteiger partial charge is 0.273 e. The van der Waals surface area contributed by atoms with Gasteiger partial charge >= 0.3 is 0 Å². The average molecular weight is 383 g/mol. The molecule has 4 aromatic rings. The van der Waals surface area contributed by atoms with E-state index in [1.165, 1.54) is 11.3 Å². The Hall–Kier alpha value is -2.78. The van der Waals surface area contributed by atoms with Crippen LogP contribution in [0.3, 0.4) is 0 Å². The second kappa shape index (κ2) is 6.85. The van der Waals surface area contributed by atoms with Gasteiger partial charge in [-0.2, -0.15) is 9.61 Å². The standard InChI is InChI=1S/C17H13N5O2S2/c1-11-7-8-12(9-14(11)22(23)24)16-20-21-15(18-19-17(21)26-16)10-25-13-5-3-2-4-6-13/h2-9H,10H2,1H3. The minimum absolute atomic E-state index is 0.0910. The maximum atomic E-state index is 11.2. The molecule has 4 rings (SSSR count). The molecule has 26 heavy (non-hydrogen) atoms. The van der Waals surface area contributed by atoms with Crippen LogP contribution >= 0.6 is 23.1 Å². The first-order valence-electron chi connectivity index (χ1n) is 7.76. The predicted octanol–water partition coefficient (Wildman–Crippen LogP) is 4.36. The first kappa shape index (κ1) is 16.7. The van der Waals surface area contributed by atoms with Gasteiger partial charge in [0.2, 0.25) is 4.96 Å². The third-order valence-electron chi connectivity index (χ3n) is 3.82. The van der Waals surface area contributed by atoms with E-state index < -0.39 is 0 Å². The van der Waals surface area contributed by atoms with Crippen LogP contribution in [0.2, 0.25) is 0 Å². The lowest BCUT2D eigenvalue weighted by Gasteiger charge is -2.00. The molecule has 0 radical (unpaired) electrons. The zero-order valence-corrected chi connectivity index (χ0v) is 15.3. The molecule has 7 nitrogen and oxygen atoms in total. The van der Waals surface area contributed by atoms with Crippen LogP contribution in [0.1, 0.15) is 11.4 Å². The fourth-order valence-electron chi connectivity index (χ4n) is 2.47. The fraction of sp³-hybridized carbons (Fsp3) is 0.118. The Morgan fingerprint density at radius 1 is 1.19 bits per heavy atom. The minimum Gasteiger partial charge on any atom is -0.258 e. The molecule has 2 aromatic heterocycles. The second-order valence-corrected chi connectivity index (χ2v) is 7.58. The van der Waals surface area contributed by atoms with E-state index in [1.54, 1.807) is 35.3 Å². The molecule has 0 atom stereocenters. The van der Waals surface area contributed by atoms with E-state index in [-0.39, 0.29) is 10.6 Å². The molecule has 2 heterocycles. The van der Waals surface area contributed by atoms with Crippen LogP contribution in [-0.2, 0) is 5.75 Å². The smallest absolute Gasteiger partial charge is 0.258 e. The lowest BCUT2D eigenvalue weighted by Crippen LogP contribution is -1.95. The van der Waals surface area contributed by atoms with E-state index in [4.69, 9.17) is 0 Å². The lowest BCUT2D eigenvalue weighted by molar-refractivity contribution is -0.385. The Morgan fingerprint density at radius 3 is 2.77 bits per heavy atom. The molecule has 9 heteroatoms. The van der Waals surface area contributed by atoms with Gasteiger partial charge in [0.25, 0.3) is 5.69 Å². The van der Waals surface area contributed by atoms with Crippen molar-refractivity contribution in [3.8, 4) is 10.6 Å². The lowest BCUT2D eigenvalue weighted by atomic mass is 10.1. The first-order chi connectivity index (χ1) is 12.6. The molecule has 130 valence electrons. The van der Waals surface area contributed by atoms with Crippen molar-refractivity contribution in [3.63, 3.8) is 0 Å². The number of aryl methyl sites for hydroxylation is 1. The van der Waals surface area contributed by atoms with Gasteiger partial charge in [0.15, 0.2) is 5.82 Å². The number of hydrogen-bond acceptors (Lipinski definition) is 7. The zero-order chi connectivity index (χ0) is 18.1. The summed E-state index contributed by atoms with van der Waals surface area (Å²) in [6, 6.07) is 15.2. The number of nitro benzene ring substituents is 1. The van der Waals surface area contributed by atoms with Gasteiger partial charge in [0, 0.05) is 22.1 Å². The molecule has 0 bridgehead atoms. The van der Waals surface area contributed by atoms with Crippen LogP contribution in [-0.4, -0.2) is 24.7 Å². The summed E-state index contributed by atoms with van der Waals surface area (Å²) in [6.07, 6.45) is 0. The van der Waals surface area contributed by atoms with E-state index in [0.717, 1.165) is 10.7 Å². The molecule has 0 saturated carbocycles. The monoisotopic (exact) mass is 383 g/mol. The average Bonchev–Trinajstić information content (AvgIpc) is 3.22. The molecule has 0 aliphatic heterocycles. The maximum absolute atomic E-state index is 11.2. The SMILES string of the molecule is Cc1ccc(-c2nn3c(CSc4ccccc4)nnc3s2)cc1[N+](=O)[O-]. The summed E-state index contributed by atoms with van der Waals surface area (Å²) in [5.41, 5.74) is 1.43. The molecule has 0 fully saturated rings. The van der Waals surface area contributed by atoms with Crippen LogP contribution < -0.4 is 0 Å². The highest BCUT2D eigenvalue weighted by molar-refractivity contribution is 7.98. The zero-order valence-electron chi connectivity index (χ0n) is 13.7. The summed E-state index contributed by atoms with van der Waals surface area (Å²) < 4.78 is 1.71. The van der Waals surface area contributed by atoms with Crippen molar-refractivity contribution in [3.05, 3.63) is 70.0 Å². The quantitative estimate of drug-likeness (QED) is 0.289. The Labute approximate surface area is 156 Å². The van der Waals surface area contributed by atoms with Gasteiger partial charge in [0.05, 0.1) is 10.7 Å². The highest BCUT2D eigenvalue weighted by atomic mass is 32.2. The number of fused-ring (bicyclic) bond motifs is 1. The Morgan fingerprint density at radius 2 is 2.00 bits per heavy atom. The number of nitro groups is 1.